The van der Waals surface area contributed by atoms with Crippen LogP contribution in [0.3, 0.4) is 0 Å². The van der Waals surface area contributed by atoms with Crippen LogP contribution in [-0.4, -0.2) is 11.8 Å². The van der Waals surface area contributed by atoms with Crippen LogP contribution in [0.2, 0.25) is 0 Å². The average Bonchev–Trinajstić information content (AvgIpc) is 2.98. The van der Waals surface area contributed by atoms with Crippen molar-refractivity contribution in [3.05, 3.63) is 65.7 Å². The number of hydrazone groups is 1. The summed E-state index contributed by atoms with van der Waals surface area (Å²) in [5.41, 5.74) is 6.75. The molecule has 0 bridgehead atoms. The lowest BCUT2D eigenvalue weighted by Crippen LogP contribution is -2.09. The van der Waals surface area contributed by atoms with Crippen molar-refractivity contribution < 1.29 is 4.74 Å². The molecule has 0 aromatic heterocycles. The first-order chi connectivity index (χ1) is 10.2. The Morgan fingerprint density at radius 3 is 2.43 bits per heavy atom. The van der Waals surface area contributed by atoms with Gasteiger partial charge in [-0.3, -0.25) is 0 Å². The number of nitrogens with one attached hydrogen (secondary N) is 1. The largest absolute Gasteiger partial charge is 0.491 e. The van der Waals surface area contributed by atoms with E-state index in [1.165, 1.54) is 5.56 Å². The first kappa shape index (κ1) is 13.7. The second kappa shape index (κ2) is 6.00. The van der Waals surface area contributed by atoms with Crippen molar-refractivity contribution in [2.45, 2.75) is 32.4 Å². The van der Waals surface area contributed by atoms with Crippen LogP contribution in [0.25, 0.3) is 0 Å². The smallest absolute Gasteiger partial charge is 0.119 e. The molecular weight excluding hydrogens is 260 g/mol. The summed E-state index contributed by atoms with van der Waals surface area (Å²) in [6.07, 6.45) is 1.11. The number of hydrogen-bond acceptors (Lipinski definition) is 3. The fraction of sp³-hybridized carbons (Fsp3) is 0.278. The molecule has 3 rings (SSSR count). The van der Waals surface area contributed by atoms with Gasteiger partial charge in [0.1, 0.15) is 5.75 Å². The van der Waals surface area contributed by atoms with Crippen LogP contribution < -0.4 is 10.2 Å². The zero-order chi connectivity index (χ0) is 14.7. The topological polar surface area (TPSA) is 33.6 Å². The predicted molar refractivity (Wildman–Crippen MR) is 85.7 cm³/mol. The first-order valence-electron chi connectivity index (χ1n) is 7.36. The van der Waals surface area contributed by atoms with Gasteiger partial charge in [0.15, 0.2) is 0 Å². The molecule has 0 aliphatic carbocycles. The third-order valence-corrected chi connectivity index (χ3v) is 3.51. The summed E-state index contributed by atoms with van der Waals surface area (Å²) in [6.45, 7) is 4.06. The lowest BCUT2D eigenvalue weighted by atomic mass is 9.99. The van der Waals surface area contributed by atoms with Gasteiger partial charge in [-0.1, -0.05) is 30.3 Å². The highest BCUT2D eigenvalue weighted by atomic mass is 16.5. The maximum Gasteiger partial charge on any atom is 0.119 e. The average molecular weight is 280 g/mol. The Morgan fingerprint density at radius 2 is 1.76 bits per heavy atom. The summed E-state index contributed by atoms with van der Waals surface area (Å²) in [5, 5.41) is 4.48. The van der Waals surface area contributed by atoms with Crippen molar-refractivity contribution in [3.63, 3.8) is 0 Å². The molecule has 1 N–H and O–H groups in total. The fourth-order valence-corrected chi connectivity index (χ4v) is 2.50. The molecule has 0 saturated heterocycles. The zero-order valence-corrected chi connectivity index (χ0v) is 12.4. The standard InChI is InChI=1S/C18H20N2O/c1-13(2)21-16-10-8-15(9-11-16)18-12-17(19-20-18)14-6-4-3-5-7-14/h3-11,13,17,19H,12H2,1-2H3. The van der Waals surface area contributed by atoms with E-state index in [0.29, 0.717) is 0 Å². The number of nitrogens with zero attached hydrogens (tertiary/aromatic N) is 1. The van der Waals surface area contributed by atoms with E-state index in [-0.39, 0.29) is 12.1 Å². The van der Waals surface area contributed by atoms with Crippen molar-refractivity contribution in [3.8, 4) is 5.75 Å². The monoisotopic (exact) mass is 280 g/mol. The molecule has 2 aromatic rings. The van der Waals surface area contributed by atoms with Gasteiger partial charge in [-0.05, 0) is 49.2 Å². The Labute approximate surface area is 125 Å². The van der Waals surface area contributed by atoms with Crippen molar-refractivity contribution in [2.75, 3.05) is 0 Å². The molecule has 21 heavy (non-hydrogen) atoms. The molecule has 0 fully saturated rings. The van der Waals surface area contributed by atoms with Crippen LogP contribution in [-0.2, 0) is 0 Å². The Hall–Kier alpha value is -2.29. The van der Waals surface area contributed by atoms with Crippen molar-refractivity contribution in [1.82, 2.24) is 5.43 Å². The SMILES string of the molecule is CC(C)Oc1ccc(C2=NNC(c3ccccc3)C2)cc1. The van der Waals surface area contributed by atoms with E-state index in [2.05, 4.69) is 46.9 Å². The summed E-state index contributed by atoms with van der Waals surface area (Å²) in [4.78, 5) is 0. The van der Waals surface area contributed by atoms with Gasteiger partial charge in [-0.15, -0.1) is 0 Å². The van der Waals surface area contributed by atoms with Gasteiger partial charge in [0, 0.05) is 6.42 Å². The Bertz CT molecular complexity index is 617. The van der Waals surface area contributed by atoms with E-state index in [4.69, 9.17) is 4.74 Å². The summed E-state index contributed by atoms with van der Waals surface area (Å²) in [6, 6.07) is 18.9. The van der Waals surface area contributed by atoms with Crippen molar-refractivity contribution in [2.24, 2.45) is 5.10 Å². The second-order valence-electron chi connectivity index (χ2n) is 5.55. The lowest BCUT2D eigenvalue weighted by molar-refractivity contribution is 0.242. The first-order valence-corrected chi connectivity index (χ1v) is 7.36. The molecule has 1 atom stereocenters. The molecule has 3 heteroatoms. The highest BCUT2D eigenvalue weighted by Crippen LogP contribution is 2.25. The quantitative estimate of drug-likeness (QED) is 0.921. The van der Waals surface area contributed by atoms with Crippen LogP contribution >= 0.6 is 0 Å². The van der Waals surface area contributed by atoms with Gasteiger partial charge in [0.25, 0.3) is 0 Å². The van der Waals surface area contributed by atoms with Crippen LogP contribution in [0.4, 0.5) is 0 Å². The number of ether oxygens (including phenoxy) is 1. The molecule has 0 radical (unpaired) electrons. The van der Waals surface area contributed by atoms with Crippen molar-refractivity contribution >= 4 is 5.71 Å². The molecule has 0 saturated carbocycles. The van der Waals surface area contributed by atoms with Gasteiger partial charge < -0.3 is 10.2 Å². The Morgan fingerprint density at radius 1 is 1.05 bits per heavy atom. The van der Waals surface area contributed by atoms with Gasteiger partial charge in [-0.25, -0.2) is 0 Å². The number of hydrogen-bond donors (Lipinski definition) is 1. The van der Waals surface area contributed by atoms with Crippen molar-refractivity contribution in [1.29, 1.82) is 0 Å². The van der Waals surface area contributed by atoms with Crippen LogP contribution in [0.1, 0.15) is 37.4 Å². The Balaban J connectivity index is 1.68. The summed E-state index contributed by atoms with van der Waals surface area (Å²) in [7, 11) is 0. The van der Waals surface area contributed by atoms with E-state index >= 15 is 0 Å². The highest BCUT2D eigenvalue weighted by Gasteiger charge is 2.20. The molecule has 2 aromatic carbocycles. The van der Waals surface area contributed by atoms with E-state index in [0.717, 1.165) is 23.4 Å². The predicted octanol–water partition coefficient (Wildman–Crippen LogP) is 3.91. The van der Waals surface area contributed by atoms with E-state index in [9.17, 15) is 0 Å². The minimum atomic E-state index is 0.198. The molecule has 1 aliphatic rings. The molecular formula is C18H20N2O. The van der Waals surface area contributed by atoms with Crippen LogP contribution in [0.5, 0.6) is 5.75 Å². The molecule has 1 heterocycles. The zero-order valence-electron chi connectivity index (χ0n) is 12.4. The van der Waals surface area contributed by atoms with Crippen LogP contribution in [0.15, 0.2) is 59.7 Å². The Kier molecular flexibility index (Phi) is 3.91. The third-order valence-electron chi connectivity index (χ3n) is 3.51. The molecule has 1 unspecified atom stereocenters. The molecule has 3 nitrogen and oxygen atoms in total. The van der Waals surface area contributed by atoms with E-state index < -0.39 is 0 Å². The maximum absolute atomic E-state index is 5.67. The minimum absolute atomic E-state index is 0.198. The lowest BCUT2D eigenvalue weighted by Gasteiger charge is -2.11. The van der Waals surface area contributed by atoms with E-state index in [1.807, 2.05) is 32.0 Å². The maximum atomic E-state index is 5.67. The molecule has 108 valence electrons. The fourth-order valence-electron chi connectivity index (χ4n) is 2.50. The van der Waals surface area contributed by atoms with Crippen LogP contribution in [0, 0.1) is 0 Å². The summed E-state index contributed by atoms with van der Waals surface area (Å²) < 4.78 is 5.67. The number of benzene rings is 2. The van der Waals surface area contributed by atoms with E-state index in [1.54, 1.807) is 0 Å². The second-order valence-corrected chi connectivity index (χ2v) is 5.55. The number of rotatable bonds is 4. The van der Waals surface area contributed by atoms with Gasteiger partial charge in [0.05, 0.1) is 17.9 Å². The normalized spacial score (nSPS) is 17.5. The molecule has 0 amide bonds. The summed E-state index contributed by atoms with van der Waals surface area (Å²) in [5.74, 6) is 0.903. The summed E-state index contributed by atoms with van der Waals surface area (Å²) >= 11 is 0. The molecule has 0 spiro atoms. The highest BCUT2D eigenvalue weighted by molar-refractivity contribution is 6.01. The van der Waals surface area contributed by atoms with Gasteiger partial charge in [0.2, 0.25) is 0 Å². The van der Waals surface area contributed by atoms with Gasteiger partial charge in [-0.2, -0.15) is 5.10 Å². The molecule has 1 aliphatic heterocycles. The minimum Gasteiger partial charge on any atom is -0.491 e. The van der Waals surface area contributed by atoms with Gasteiger partial charge >= 0.3 is 0 Å². The third kappa shape index (κ3) is 3.24.